The molecular formula is C22H28FNO. The molecule has 0 radical (unpaired) electrons. The lowest BCUT2D eigenvalue weighted by Crippen LogP contribution is -2.32. The molecule has 1 aliphatic rings. The van der Waals surface area contributed by atoms with Crippen LogP contribution in [0.15, 0.2) is 54.6 Å². The van der Waals surface area contributed by atoms with Crippen LogP contribution in [0.2, 0.25) is 0 Å². The maximum atomic E-state index is 13.1. The van der Waals surface area contributed by atoms with Crippen LogP contribution in [0.3, 0.4) is 0 Å². The van der Waals surface area contributed by atoms with Crippen molar-refractivity contribution in [2.45, 2.75) is 32.7 Å². The maximum absolute atomic E-state index is 13.1. The summed E-state index contributed by atoms with van der Waals surface area (Å²) in [6, 6.07) is 17.6. The molecular weight excluding hydrogens is 313 g/mol. The molecule has 1 fully saturated rings. The third-order valence-corrected chi connectivity index (χ3v) is 5.24. The minimum atomic E-state index is -0.164. The minimum Gasteiger partial charge on any atom is -0.381 e. The van der Waals surface area contributed by atoms with E-state index in [1.807, 2.05) is 12.1 Å². The summed E-state index contributed by atoms with van der Waals surface area (Å²) in [5.74, 6) is -0.164. The van der Waals surface area contributed by atoms with Gasteiger partial charge in [0.2, 0.25) is 0 Å². The molecule has 0 saturated carbocycles. The van der Waals surface area contributed by atoms with Crippen molar-refractivity contribution in [2.24, 2.45) is 5.41 Å². The normalized spacial score (nSPS) is 20.9. The van der Waals surface area contributed by atoms with E-state index in [1.165, 1.54) is 17.5 Å². The van der Waals surface area contributed by atoms with Crippen molar-refractivity contribution in [3.63, 3.8) is 0 Å². The van der Waals surface area contributed by atoms with Gasteiger partial charge in [-0.3, -0.25) is 4.90 Å². The maximum Gasteiger partial charge on any atom is 0.123 e. The summed E-state index contributed by atoms with van der Waals surface area (Å²) in [6.07, 6.45) is 3.23. The Morgan fingerprint density at radius 3 is 2.52 bits per heavy atom. The molecule has 1 atom stereocenters. The third kappa shape index (κ3) is 5.13. The molecule has 0 unspecified atom stereocenters. The van der Waals surface area contributed by atoms with E-state index in [4.69, 9.17) is 4.74 Å². The van der Waals surface area contributed by atoms with Crippen LogP contribution >= 0.6 is 0 Å². The highest BCUT2D eigenvalue weighted by atomic mass is 19.1. The van der Waals surface area contributed by atoms with Crippen molar-refractivity contribution < 1.29 is 9.13 Å². The second-order valence-corrected chi connectivity index (χ2v) is 7.21. The topological polar surface area (TPSA) is 12.5 Å². The second-order valence-electron chi connectivity index (χ2n) is 7.21. The largest absolute Gasteiger partial charge is 0.381 e. The van der Waals surface area contributed by atoms with Crippen LogP contribution in [-0.4, -0.2) is 31.2 Å². The Balaban J connectivity index is 1.61. The zero-order valence-electron chi connectivity index (χ0n) is 15.1. The summed E-state index contributed by atoms with van der Waals surface area (Å²) in [5, 5.41) is 0. The highest BCUT2D eigenvalue weighted by molar-refractivity contribution is 5.17. The first-order chi connectivity index (χ1) is 12.2. The number of ether oxygens (including phenoxy) is 1. The summed E-state index contributed by atoms with van der Waals surface area (Å²) in [6.45, 7) is 6.83. The van der Waals surface area contributed by atoms with Crippen molar-refractivity contribution in [2.75, 3.05) is 26.3 Å². The summed E-state index contributed by atoms with van der Waals surface area (Å²) in [4.78, 5) is 2.54. The summed E-state index contributed by atoms with van der Waals surface area (Å²) < 4.78 is 18.9. The molecule has 0 aliphatic carbocycles. The Bertz CT molecular complexity index is 643. The molecule has 3 rings (SSSR count). The van der Waals surface area contributed by atoms with E-state index in [2.05, 4.69) is 42.2 Å². The number of hydrogen-bond acceptors (Lipinski definition) is 2. The first-order valence-electron chi connectivity index (χ1n) is 9.28. The molecule has 134 valence electrons. The van der Waals surface area contributed by atoms with Crippen LogP contribution < -0.4 is 0 Å². The van der Waals surface area contributed by atoms with E-state index in [0.29, 0.717) is 0 Å². The molecule has 25 heavy (non-hydrogen) atoms. The van der Waals surface area contributed by atoms with Gasteiger partial charge < -0.3 is 4.74 Å². The lowest BCUT2D eigenvalue weighted by atomic mass is 9.82. The summed E-state index contributed by atoms with van der Waals surface area (Å²) >= 11 is 0. The average molecular weight is 341 g/mol. The lowest BCUT2D eigenvalue weighted by molar-refractivity contribution is 0.0489. The van der Waals surface area contributed by atoms with Crippen molar-refractivity contribution in [1.82, 2.24) is 4.90 Å². The Morgan fingerprint density at radius 2 is 1.80 bits per heavy atom. The van der Waals surface area contributed by atoms with E-state index >= 15 is 0 Å². The number of likely N-dealkylation sites (tertiary alicyclic amines) is 1. The van der Waals surface area contributed by atoms with Crippen molar-refractivity contribution >= 4 is 0 Å². The molecule has 0 bridgehead atoms. The van der Waals surface area contributed by atoms with Gasteiger partial charge in [0.15, 0.2) is 0 Å². The predicted octanol–water partition coefficient (Wildman–Crippen LogP) is 4.69. The quantitative estimate of drug-likeness (QED) is 0.691. The number of hydrogen-bond donors (Lipinski definition) is 0. The highest BCUT2D eigenvalue weighted by Crippen LogP contribution is 2.36. The highest BCUT2D eigenvalue weighted by Gasteiger charge is 2.37. The zero-order chi connectivity index (χ0) is 17.5. The van der Waals surface area contributed by atoms with Gasteiger partial charge in [-0.25, -0.2) is 4.39 Å². The van der Waals surface area contributed by atoms with E-state index in [0.717, 1.165) is 45.7 Å². The molecule has 0 spiro atoms. The van der Waals surface area contributed by atoms with Gasteiger partial charge in [-0.1, -0.05) is 42.5 Å². The van der Waals surface area contributed by atoms with Crippen molar-refractivity contribution in [1.29, 1.82) is 0 Å². The molecule has 2 aromatic carbocycles. The number of aryl methyl sites for hydroxylation is 1. The molecule has 0 amide bonds. The molecule has 3 heteroatoms. The lowest BCUT2D eigenvalue weighted by Gasteiger charge is -2.29. The number of rotatable bonds is 8. The fourth-order valence-corrected chi connectivity index (χ4v) is 3.78. The fourth-order valence-electron chi connectivity index (χ4n) is 3.78. The van der Waals surface area contributed by atoms with Crippen LogP contribution in [0, 0.1) is 11.2 Å². The Morgan fingerprint density at radius 1 is 1.04 bits per heavy atom. The Hall–Kier alpha value is -1.71. The first kappa shape index (κ1) is 18.1. The average Bonchev–Trinajstić information content (AvgIpc) is 3.04. The molecule has 1 heterocycles. The van der Waals surface area contributed by atoms with E-state index in [-0.39, 0.29) is 11.2 Å². The van der Waals surface area contributed by atoms with Crippen LogP contribution in [-0.2, 0) is 17.7 Å². The minimum absolute atomic E-state index is 0.164. The van der Waals surface area contributed by atoms with Crippen LogP contribution in [0.25, 0.3) is 0 Å². The number of halogens is 1. The van der Waals surface area contributed by atoms with Crippen LogP contribution in [0.4, 0.5) is 4.39 Å². The van der Waals surface area contributed by atoms with Crippen molar-refractivity contribution in [3.8, 4) is 0 Å². The first-order valence-corrected chi connectivity index (χ1v) is 9.28. The smallest absolute Gasteiger partial charge is 0.123 e. The van der Waals surface area contributed by atoms with Crippen LogP contribution in [0.5, 0.6) is 0 Å². The third-order valence-electron chi connectivity index (χ3n) is 5.24. The van der Waals surface area contributed by atoms with Gasteiger partial charge in [0.1, 0.15) is 5.82 Å². The number of nitrogens with zero attached hydrogens (tertiary/aromatic N) is 1. The molecule has 2 nitrogen and oxygen atoms in total. The van der Waals surface area contributed by atoms with Gasteiger partial charge in [-0.2, -0.15) is 0 Å². The SMILES string of the molecule is CCOC[C@@]1(CCc2ccc(F)cc2)CCN(Cc2ccccc2)C1. The van der Waals surface area contributed by atoms with Crippen molar-refractivity contribution in [3.05, 3.63) is 71.5 Å². The fraction of sp³-hybridized carbons (Fsp3) is 0.455. The molecule has 0 N–H and O–H groups in total. The second kappa shape index (κ2) is 8.59. The molecule has 0 aromatic heterocycles. The van der Waals surface area contributed by atoms with E-state index in [1.54, 1.807) is 12.1 Å². The Labute approximate surface area is 150 Å². The molecule has 2 aromatic rings. The van der Waals surface area contributed by atoms with Gasteiger partial charge in [-0.05, 0) is 56.0 Å². The van der Waals surface area contributed by atoms with Gasteiger partial charge in [0, 0.05) is 25.1 Å². The molecule has 1 saturated heterocycles. The monoisotopic (exact) mass is 341 g/mol. The standard InChI is InChI=1S/C22H28FNO/c1-2-25-18-22(13-12-19-8-10-21(23)11-9-19)14-15-24(17-22)16-20-6-4-3-5-7-20/h3-11H,2,12-18H2,1H3/t22-/m0/s1. The Kier molecular flexibility index (Phi) is 6.22. The number of benzene rings is 2. The summed E-state index contributed by atoms with van der Waals surface area (Å²) in [5.41, 5.74) is 2.78. The van der Waals surface area contributed by atoms with E-state index in [9.17, 15) is 4.39 Å². The predicted molar refractivity (Wildman–Crippen MR) is 100.0 cm³/mol. The van der Waals surface area contributed by atoms with Gasteiger partial charge >= 0.3 is 0 Å². The van der Waals surface area contributed by atoms with Gasteiger partial charge in [-0.15, -0.1) is 0 Å². The van der Waals surface area contributed by atoms with Gasteiger partial charge in [0.25, 0.3) is 0 Å². The molecule has 1 aliphatic heterocycles. The van der Waals surface area contributed by atoms with E-state index < -0.39 is 0 Å². The van der Waals surface area contributed by atoms with Crippen LogP contribution in [0.1, 0.15) is 30.9 Å². The zero-order valence-corrected chi connectivity index (χ0v) is 15.1. The van der Waals surface area contributed by atoms with Gasteiger partial charge in [0.05, 0.1) is 6.61 Å². The summed E-state index contributed by atoms with van der Waals surface area (Å²) in [7, 11) is 0.